The van der Waals surface area contributed by atoms with Gasteiger partial charge in [0.2, 0.25) is 5.91 Å². The van der Waals surface area contributed by atoms with Gasteiger partial charge in [0.05, 0.1) is 30.6 Å². The fraction of sp³-hybridized carbons (Fsp3) is 0.350. The summed E-state index contributed by atoms with van der Waals surface area (Å²) in [5.41, 5.74) is 1.98. The first-order chi connectivity index (χ1) is 13.8. The van der Waals surface area contributed by atoms with Gasteiger partial charge >= 0.3 is 0 Å². The van der Waals surface area contributed by atoms with Crippen LogP contribution in [-0.4, -0.2) is 57.9 Å². The van der Waals surface area contributed by atoms with E-state index in [9.17, 15) is 9.59 Å². The van der Waals surface area contributed by atoms with Crippen LogP contribution < -0.4 is 5.32 Å². The Morgan fingerprint density at radius 2 is 2.00 bits per heavy atom. The third kappa shape index (κ3) is 4.60. The van der Waals surface area contributed by atoms with Crippen LogP contribution in [0.2, 0.25) is 5.15 Å². The van der Waals surface area contributed by atoms with Gasteiger partial charge in [0.1, 0.15) is 22.8 Å². The number of ether oxygens (including phenoxy) is 1. The maximum atomic E-state index is 12.1. The van der Waals surface area contributed by atoms with Crippen LogP contribution in [0.4, 0.5) is 0 Å². The normalized spacial score (nSPS) is 19.0. The first kappa shape index (κ1) is 20.9. The molecule has 1 aliphatic heterocycles. The van der Waals surface area contributed by atoms with Gasteiger partial charge in [-0.1, -0.05) is 18.2 Å². The van der Waals surface area contributed by atoms with Crippen LogP contribution in [-0.2, 0) is 9.53 Å². The fourth-order valence-electron chi connectivity index (χ4n) is 3.16. The van der Waals surface area contributed by atoms with Crippen LogP contribution in [0.3, 0.4) is 0 Å². The fourth-order valence-corrected chi connectivity index (χ4v) is 3.38. The van der Waals surface area contributed by atoms with Crippen molar-refractivity contribution in [3.63, 3.8) is 0 Å². The Kier molecular flexibility index (Phi) is 6.24. The number of pyridine rings is 1. The molecule has 1 saturated heterocycles. The van der Waals surface area contributed by atoms with Crippen molar-refractivity contribution < 1.29 is 14.3 Å². The van der Waals surface area contributed by atoms with E-state index in [1.54, 1.807) is 30.0 Å². The Morgan fingerprint density at radius 1 is 1.28 bits per heavy atom. The molecule has 1 aliphatic rings. The highest BCUT2D eigenvalue weighted by molar-refractivity contribution is 6.29. The lowest BCUT2D eigenvalue weighted by Crippen LogP contribution is -2.47. The quantitative estimate of drug-likeness (QED) is 0.608. The highest BCUT2D eigenvalue weighted by Gasteiger charge is 2.30. The molecule has 8 nitrogen and oxygen atoms in total. The molecule has 152 valence electrons. The summed E-state index contributed by atoms with van der Waals surface area (Å²) < 4.78 is 5.94. The number of halogens is 1. The predicted octanol–water partition coefficient (Wildman–Crippen LogP) is 2.33. The monoisotopic (exact) mass is 415 g/mol. The van der Waals surface area contributed by atoms with E-state index in [0.29, 0.717) is 30.4 Å². The van der Waals surface area contributed by atoms with Crippen molar-refractivity contribution in [2.24, 2.45) is 0 Å². The first-order valence-corrected chi connectivity index (χ1v) is 9.50. The second-order valence-electron chi connectivity index (χ2n) is 6.74. The summed E-state index contributed by atoms with van der Waals surface area (Å²) in [7, 11) is 1.53. The molecular weight excluding hydrogens is 394 g/mol. The lowest BCUT2D eigenvalue weighted by Gasteiger charge is -2.37. The molecule has 1 N–H and O–H groups in total. The van der Waals surface area contributed by atoms with E-state index >= 15 is 0 Å². The molecular formula is C20H22ClN5O3. The highest BCUT2D eigenvalue weighted by atomic mass is 35.5. The molecule has 2 amide bonds. The third-order valence-electron chi connectivity index (χ3n) is 4.64. The number of carbonyl (C=O) groups excluding carboxylic acids is 2. The molecule has 0 radical (unpaired) electrons. The summed E-state index contributed by atoms with van der Waals surface area (Å²) in [5, 5.41) is 2.81. The maximum absolute atomic E-state index is 12.1. The Labute approximate surface area is 174 Å². The number of morpholine rings is 1. The van der Waals surface area contributed by atoms with E-state index in [1.165, 1.54) is 13.1 Å². The van der Waals surface area contributed by atoms with Crippen LogP contribution >= 0.6 is 11.6 Å². The van der Waals surface area contributed by atoms with E-state index in [4.69, 9.17) is 16.3 Å². The number of nitrogens with one attached hydrogen (secondary N) is 1. The number of aryl methyl sites for hydroxylation is 1. The van der Waals surface area contributed by atoms with Crippen molar-refractivity contribution in [2.45, 2.75) is 26.0 Å². The average molecular weight is 416 g/mol. The van der Waals surface area contributed by atoms with Gasteiger partial charge < -0.3 is 15.0 Å². The largest absolute Gasteiger partial charge is 0.370 e. The van der Waals surface area contributed by atoms with Gasteiger partial charge in [-0.05, 0) is 43.7 Å². The summed E-state index contributed by atoms with van der Waals surface area (Å²) in [5.74, 6) is -0.0232. The Hall–Kier alpha value is -2.84. The third-order valence-corrected chi connectivity index (χ3v) is 4.83. The number of hydrogen-bond acceptors (Lipinski definition) is 6. The van der Waals surface area contributed by atoms with Crippen molar-refractivity contribution in [2.75, 3.05) is 20.2 Å². The minimum absolute atomic E-state index is 0.0480. The smallest absolute Gasteiger partial charge is 0.269 e. The van der Waals surface area contributed by atoms with Gasteiger partial charge in [0.15, 0.2) is 0 Å². The molecule has 0 spiro atoms. The zero-order chi connectivity index (χ0) is 21.1. The second-order valence-corrected chi connectivity index (χ2v) is 7.13. The standard InChI is InChI=1S/C20H22ClN5O3/c1-5-19(27)26-9-17(29-10-11(26)2)13-6-14(25-18(21)7-13)15-8-16(20(28)22-4)24-12(3)23-15/h5-8,11,17H,1,9-10H2,2-4H3,(H,22,28)/t11-,17-/m1/s1. The molecule has 29 heavy (non-hydrogen) atoms. The highest BCUT2D eigenvalue weighted by Crippen LogP contribution is 2.29. The van der Waals surface area contributed by atoms with Crippen molar-refractivity contribution in [3.05, 3.63) is 53.1 Å². The minimum atomic E-state index is -0.365. The van der Waals surface area contributed by atoms with Crippen LogP contribution in [0.25, 0.3) is 11.4 Å². The summed E-state index contributed by atoms with van der Waals surface area (Å²) >= 11 is 6.26. The maximum Gasteiger partial charge on any atom is 0.269 e. The number of rotatable bonds is 4. The zero-order valence-corrected chi connectivity index (χ0v) is 17.2. The van der Waals surface area contributed by atoms with E-state index in [1.807, 2.05) is 6.92 Å². The van der Waals surface area contributed by atoms with Gasteiger partial charge in [-0.25, -0.2) is 15.0 Å². The number of nitrogens with zero attached hydrogens (tertiary/aromatic N) is 4. The molecule has 2 aromatic heterocycles. The summed E-state index contributed by atoms with van der Waals surface area (Å²) in [6, 6.07) is 5.02. The van der Waals surface area contributed by atoms with E-state index in [0.717, 1.165) is 5.56 Å². The van der Waals surface area contributed by atoms with E-state index in [-0.39, 0.29) is 34.8 Å². The van der Waals surface area contributed by atoms with Gasteiger partial charge in [0, 0.05) is 7.05 Å². The summed E-state index contributed by atoms with van der Waals surface area (Å²) in [6.07, 6.45) is 0.934. The molecule has 3 rings (SSSR count). The van der Waals surface area contributed by atoms with Crippen LogP contribution in [0.1, 0.15) is 34.9 Å². The number of amides is 2. The van der Waals surface area contributed by atoms with Crippen molar-refractivity contribution in [1.29, 1.82) is 0 Å². The van der Waals surface area contributed by atoms with Gasteiger partial charge in [-0.15, -0.1) is 0 Å². The van der Waals surface area contributed by atoms with Crippen molar-refractivity contribution >= 4 is 23.4 Å². The van der Waals surface area contributed by atoms with E-state index < -0.39 is 0 Å². The van der Waals surface area contributed by atoms with Crippen molar-refractivity contribution in [3.8, 4) is 11.4 Å². The first-order valence-electron chi connectivity index (χ1n) is 9.12. The molecule has 0 unspecified atom stereocenters. The molecule has 2 aromatic rings. The SMILES string of the molecule is C=CC(=O)N1C[C@H](c2cc(Cl)nc(-c3cc(C(=O)NC)nc(C)n3)c2)OC[C@H]1C. The average Bonchev–Trinajstić information content (AvgIpc) is 2.72. The molecule has 0 bridgehead atoms. The van der Waals surface area contributed by atoms with Gasteiger partial charge in [-0.3, -0.25) is 9.59 Å². The minimum Gasteiger partial charge on any atom is -0.370 e. The van der Waals surface area contributed by atoms with Gasteiger partial charge in [0.25, 0.3) is 5.91 Å². The van der Waals surface area contributed by atoms with E-state index in [2.05, 4.69) is 26.8 Å². The lowest BCUT2D eigenvalue weighted by atomic mass is 10.0. The molecule has 2 atom stereocenters. The zero-order valence-electron chi connectivity index (χ0n) is 16.5. The summed E-state index contributed by atoms with van der Waals surface area (Å²) in [4.78, 5) is 38.7. The molecule has 9 heteroatoms. The van der Waals surface area contributed by atoms with Crippen LogP contribution in [0, 0.1) is 6.92 Å². The Bertz CT molecular complexity index is 965. The number of hydrogen-bond donors (Lipinski definition) is 1. The topological polar surface area (TPSA) is 97.3 Å². The molecule has 0 saturated carbocycles. The molecule has 0 aliphatic carbocycles. The molecule has 0 aromatic carbocycles. The van der Waals surface area contributed by atoms with Gasteiger partial charge in [-0.2, -0.15) is 0 Å². The number of aromatic nitrogens is 3. The molecule has 3 heterocycles. The van der Waals surface area contributed by atoms with Crippen LogP contribution in [0.5, 0.6) is 0 Å². The molecule has 1 fully saturated rings. The number of carbonyl (C=O) groups is 2. The lowest BCUT2D eigenvalue weighted by molar-refractivity contribution is -0.139. The second kappa shape index (κ2) is 8.67. The Balaban J connectivity index is 1.97. The summed E-state index contributed by atoms with van der Waals surface area (Å²) in [6.45, 7) is 7.96. The van der Waals surface area contributed by atoms with Crippen molar-refractivity contribution in [1.82, 2.24) is 25.2 Å². The predicted molar refractivity (Wildman–Crippen MR) is 108 cm³/mol. The van der Waals surface area contributed by atoms with Crippen LogP contribution in [0.15, 0.2) is 30.9 Å². The Morgan fingerprint density at radius 3 is 2.69 bits per heavy atom.